The van der Waals surface area contributed by atoms with E-state index in [4.69, 9.17) is 5.73 Å². The van der Waals surface area contributed by atoms with Gasteiger partial charge in [0, 0.05) is 38.8 Å². The van der Waals surface area contributed by atoms with E-state index in [1.54, 1.807) is 26.2 Å². The zero-order chi connectivity index (χ0) is 16.3. The summed E-state index contributed by atoms with van der Waals surface area (Å²) in [6, 6.07) is 6.04. The average Bonchev–Trinajstić information content (AvgIpc) is 2.54. The van der Waals surface area contributed by atoms with Crippen molar-refractivity contribution in [3.63, 3.8) is 0 Å². The van der Waals surface area contributed by atoms with Crippen LogP contribution in [0.2, 0.25) is 0 Å². The minimum Gasteiger partial charge on any atom is -0.345 e. The number of carbonyl (C=O) groups excluding carboxylic acids is 1. The second-order valence-electron chi connectivity index (χ2n) is 5.73. The third-order valence-electron chi connectivity index (χ3n) is 3.94. The molecular formula is C15H24ClN3O3S. The fraction of sp³-hybridized carbons (Fsp3) is 0.533. The third kappa shape index (κ3) is 4.23. The van der Waals surface area contributed by atoms with Crippen LogP contribution < -0.4 is 5.73 Å². The van der Waals surface area contributed by atoms with Crippen molar-refractivity contribution >= 4 is 28.3 Å². The quantitative estimate of drug-likeness (QED) is 0.876. The van der Waals surface area contributed by atoms with E-state index in [0.717, 1.165) is 19.3 Å². The SMILES string of the molecule is CN(C)C(=O)c1cccc(S(=O)(=O)N2CCCCC2CN)c1.Cl. The Morgan fingerprint density at radius 3 is 2.65 bits per heavy atom. The van der Waals surface area contributed by atoms with Crippen molar-refractivity contribution in [2.24, 2.45) is 5.73 Å². The maximum Gasteiger partial charge on any atom is 0.253 e. The smallest absolute Gasteiger partial charge is 0.253 e. The van der Waals surface area contributed by atoms with Crippen LogP contribution in [0.1, 0.15) is 29.6 Å². The average molecular weight is 362 g/mol. The van der Waals surface area contributed by atoms with Crippen molar-refractivity contribution in [2.75, 3.05) is 27.2 Å². The Morgan fingerprint density at radius 2 is 2.04 bits per heavy atom. The zero-order valence-corrected chi connectivity index (χ0v) is 15.1. The lowest BCUT2D eigenvalue weighted by atomic mass is 10.1. The van der Waals surface area contributed by atoms with Crippen molar-refractivity contribution in [1.82, 2.24) is 9.21 Å². The largest absolute Gasteiger partial charge is 0.345 e. The number of amides is 1. The molecule has 0 bridgehead atoms. The van der Waals surface area contributed by atoms with Crippen LogP contribution in [0.5, 0.6) is 0 Å². The fourth-order valence-electron chi connectivity index (χ4n) is 2.71. The number of nitrogens with zero attached hydrogens (tertiary/aromatic N) is 2. The van der Waals surface area contributed by atoms with Crippen LogP contribution >= 0.6 is 12.4 Å². The van der Waals surface area contributed by atoms with Crippen molar-refractivity contribution in [3.8, 4) is 0 Å². The predicted molar refractivity (Wildman–Crippen MR) is 92.3 cm³/mol. The molecule has 2 N–H and O–H groups in total. The molecule has 0 aromatic heterocycles. The topological polar surface area (TPSA) is 83.7 Å². The first-order chi connectivity index (χ1) is 10.4. The zero-order valence-electron chi connectivity index (χ0n) is 13.4. The number of carbonyl (C=O) groups is 1. The molecule has 1 aromatic rings. The van der Waals surface area contributed by atoms with Crippen LogP contribution in [0, 0.1) is 0 Å². The van der Waals surface area contributed by atoms with E-state index in [0.29, 0.717) is 18.7 Å². The molecule has 1 amide bonds. The molecule has 2 rings (SSSR count). The van der Waals surface area contributed by atoms with E-state index in [-0.39, 0.29) is 29.3 Å². The number of hydrogen-bond acceptors (Lipinski definition) is 4. The summed E-state index contributed by atoms with van der Waals surface area (Å²) in [5.41, 5.74) is 6.09. The molecule has 1 saturated heterocycles. The molecular weight excluding hydrogens is 338 g/mol. The predicted octanol–water partition coefficient (Wildman–Crippen LogP) is 1.31. The van der Waals surface area contributed by atoms with Crippen LogP contribution in [0.4, 0.5) is 0 Å². The molecule has 8 heteroatoms. The summed E-state index contributed by atoms with van der Waals surface area (Å²) in [4.78, 5) is 13.6. The van der Waals surface area contributed by atoms with Gasteiger partial charge in [0.2, 0.25) is 10.0 Å². The number of nitrogens with two attached hydrogens (primary N) is 1. The van der Waals surface area contributed by atoms with Crippen LogP contribution in [0.15, 0.2) is 29.2 Å². The van der Waals surface area contributed by atoms with E-state index in [9.17, 15) is 13.2 Å². The van der Waals surface area contributed by atoms with Gasteiger partial charge in [0.1, 0.15) is 0 Å². The first-order valence-electron chi connectivity index (χ1n) is 7.41. The third-order valence-corrected chi connectivity index (χ3v) is 5.89. The van der Waals surface area contributed by atoms with Crippen molar-refractivity contribution < 1.29 is 13.2 Å². The highest BCUT2D eigenvalue weighted by Crippen LogP contribution is 2.25. The number of rotatable bonds is 4. The highest BCUT2D eigenvalue weighted by atomic mass is 35.5. The number of sulfonamides is 1. The maximum absolute atomic E-state index is 12.8. The summed E-state index contributed by atoms with van der Waals surface area (Å²) in [7, 11) is -0.347. The van der Waals surface area contributed by atoms with Crippen LogP contribution in [0.3, 0.4) is 0 Å². The molecule has 1 unspecified atom stereocenters. The molecule has 130 valence electrons. The van der Waals surface area contributed by atoms with Crippen molar-refractivity contribution in [3.05, 3.63) is 29.8 Å². The molecule has 1 fully saturated rings. The fourth-order valence-corrected chi connectivity index (χ4v) is 4.46. The molecule has 1 atom stereocenters. The van der Waals surface area contributed by atoms with Crippen LogP contribution in [-0.2, 0) is 10.0 Å². The lowest BCUT2D eigenvalue weighted by Crippen LogP contribution is -2.47. The Balaban J connectivity index is 0.00000264. The first-order valence-corrected chi connectivity index (χ1v) is 8.85. The molecule has 1 aromatic carbocycles. The minimum atomic E-state index is -3.62. The molecule has 6 nitrogen and oxygen atoms in total. The normalized spacial score (nSPS) is 19.0. The Kier molecular flexibility index (Phi) is 7.01. The Morgan fingerprint density at radius 1 is 1.35 bits per heavy atom. The maximum atomic E-state index is 12.8. The second-order valence-corrected chi connectivity index (χ2v) is 7.62. The van der Waals surface area contributed by atoms with Gasteiger partial charge in [-0.05, 0) is 31.0 Å². The lowest BCUT2D eigenvalue weighted by Gasteiger charge is -2.33. The molecule has 1 heterocycles. The number of halogens is 1. The molecule has 0 saturated carbocycles. The number of piperidine rings is 1. The number of hydrogen-bond donors (Lipinski definition) is 1. The molecule has 23 heavy (non-hydrogen) atoms. The molecule has 0 aliphatic carbocycles. The van der Waals surface area contributed by atoms with Gasteiger partial charge in [-0.3, -0.25) is 4.79 Å². The Labute approximate surface area is 144 Å². The lowest BCUT2D eigenvalue weighted by molar-refractivity contribution is 0.0827. The molecule has 0 radical (unpaired) electrons. The van der Waals surface area contributed by atoms with Gasteiger partial charge in [0.05, 0.1) is 4.90 Å². The summed E-state index contributed by atoms with van der Waals surface area (Å²) in [5.74, 6) is -0.217. The summed E-state index contributed by atoms with van der Waals surface area (Å²) in [5, 5.41) is 0. The van der Waals surface area contributed by atoms with Gasteiger partial charge >= 0.3 is 0 Å². The standard InChI is InChI=1S/C15H23N3O3S.ClH/c1-17(2)15(19)12-6-5-8-14(10-12)22(20,21)18-9-4-3-7-13(18)11-16;/h5-6,8,10,13H,3-4,7,9,11,16H2,1-2H3;1H. The van der Waals surface area contributed by atoms with E-state index < -0.39 is 10.0 Å². The van der Waals surface area contributed by atoms with Gasteiger partial charge in [-0.15, -0.1) is 12.4 Å². The van der Waals surface area contributed by atoms with Gasteiger partial charge in [-0.2, -0.15) is 4.31 Å². The summed E-state index contributed by atoms with van der Waals surface area (Å²) in [6.45, 7) is 0.797. The monoisotopic (exact) mass is 361 g/mol. The molecule has 1 aliphatic heterocycles. The van der Waals surface area contributed by atoms with E-state index in [1.807, 2.05) is 0 Å². The minimum absolute atomic E-state index is 0. The van der Waals surface area contributed by atoms with Gasteiger partial charge < -0.3 is 10.6 Å². The highest BCUT2D eigenvalue weighted by molar-refractivity contribution is 7.89. The van der Waals surface area contributed by atoms with Gasteiger partial charge in [0.25, 0.3) is 5.91 Å². The Bertz CT molecular complexity index is 649. The van der Waals surface area contributed by atoms with Gasteiger partial charge in [-0.1, -0.05) is 12.5 Å². The van der Waals surface area contributed by atoms with E-state index >= 15 is 0 Å². The van der Waals surface area contributed by atoms with Crippen LogP contribution in [-0.4, -0.2) is 56.8 Å². The van der Waals surface area contributed by atoms with Crippen LogP contribution in [0.25, 0.3) is 0 Å². The molecule has 0 spiro atoms. The number of benzene rings is 1. The van der Waals surface area contributed by atoms with Crippen molar-refractivity contribution in [1.29, 1.82) is 0 Å². The van der Waals surface area contributed by atoms with E-state index in [1.165, 1.54) is 21.3 Å². The Hall–Kier alpha value is -1.15. The summed E-state index contributed by atoms with van der Waals surface area (Å²) >= 11 is 0. The van der Waals surface area contributed by atoms with Gasteiger partial charge in [0.15, 0.2) is 0 Å². The van der Waals surface area contributed by atoms with Crippen molar-refractivity contribution in [2.45, 2.75) is 30.2 Å². The summed E-state index contributed by atoms with van der Waals surface area (Å²) < 4.78 is 27.2. The molecule has 1 aliphatic rings. The summed E-state index contributed by atoms with van der Waals surface area (Å²) in [6.07, 6.45) is 2.62. The second kappa shape index (κ2) is 8.10. The van der Waals surface area contributed by atoms with Gasteiger partial charge in [-0.25, -0.2) is 8.42 Å². The van der Waals surface area contributed by atoms with E-state index in [2.05, 4.69) is 0 Å². The first kappa shape index (κ1) is 19.9. The highest BCUT2D eigenvalue weighted by Gasteiger charge is 2.33.